The van der Waals surface area contributed by atoms with Gasteiger partial charge < -0.3 is 19.7 Å². The van der Waals surface area contributed by atoms with Crippen LogP contribution in [-0.4, -0.2) is 71.0 Å². The number of carbonyl (C=O) groups is 1. The Morgan fingerprint density at radius 2 is 1.87 bits per heavy atom. The van der Waals surface area contributed by atoms with Gasteiger partial charge in [-0.2, -0.15) is 0 Å². The number of carbonyl (C=O) groups excluding carboxylic acids is 1. The van der Waals surface area contributed by atoms with E-state index < -0.39 is 33.7 Å². The first-order valence-corrected chi connectivity index (χ1v) is 17.2. The number of hydrogen-bond acceptors (Lipinski definition) is 9. The van der Waals surface area contributed by atoms with Crippen LogP contribution in [0.1, 0.15) is 51.7 Å². The molecule has 0 bridgehead atoms. The second kappa shape index (κ2) is 13.6. The van der Waals surface area contributed by atoms with Crippen molar-refractivity contribution in [3.63, 3.8) is 0 Å². The van der Waals surface area contributed by atoms with Crippen LogP contribution in [0.4, 0.5) is 15.1 Å². The summed E-state index contributed by atoms with van der Waals surface area (Å²) in [4.78, 5) is 27.6. The number of alkyl halides is 1. The second-order valence-corrected chi connectivity index (χ2v) is 14.7. The Bertz CT molecular complexity index is 1830. The highest BCUT2D eigenvalue weighted by atomic mass is 32.2. The molecule has 1 aliphatic heterocycles. The number of likely N-dealkylation sites (tertiary alicyclic amines) is 1. The minimum atomic E-state index is -3.26. The molecule has 3 heterocycles. The standard InChI is InChI=1S/C34H40FN5O5S/c1-6-19-46(42,43)21-23-9-7-10-25-24(23)13-12-22(2)30(25)44-31-26(11-8-16-36-31)28-14-17-37-32(38-28)39-29-20-40(18-15-27(29)35)33(41)45-34(3,4)5/h7-14,16-17,27,29H,6,15,18-21H2,1-5H3,(H,37,38,39). The number of nitrogens with one attached hydrogen (secondary N) is 1. The molecule has 2 aromatic heterocycles. The van der Waals surface area contributed by atoms with Crippen molar-refractivity contribution < 1.29 is 27.1 Å². The molecule has 0 aliphatic carbocycles. The molecule has 244 valence electrons. The molecule has 2 aromatic carbocycles. The highest BCUT2D eigenvalue weighted by Gasteiger charge is 2.34. The highest BCUT2D eigenvalue weighted by molar-refractivity contribution is 7.90. The fraction of sp³-hybridized carbons (Fsp3) is 0.412. The Balaban J connectivity index is 1.41. The summed E-state index contributed by atoms with van der Waals surface area (Å²) in [5.41, 5.74) is 1.99. The van der Waals surface area contributed by atoms with Crippen LogP contribution in [0, 0.1) is 6.92 Å². The number of halogens is 1. The number of pyridine rings is 1. The van der Waals surface area contributed by atoms with Crippen LogP contribution in [0.3, 0.4) is 0 Å². The molecule has 1 amide bonds. The Hall–Kier alpha value is -4.32. The largest absolute Gasteiger partial charge is 0.444 e. The van der Waals surface area contributed by atoms with Crippen LogP contribution in [0.2, 0.25) is 0 Å². The molecule has 1 aliphatic rings. The summed E-state index contributed by atoms with van der Waals surface area (Å²) in [5, 5.41) is 4.63. The fourth-order valence-electron chi connectivity index (χ4n) is 5.45. The molecule has 1 saturated heterocycles. The fourth-order valence-corrected chi connectivity index (χ4v) is 6.94. The maximum Gasteiger partial charge on any atom is 0.410 e. The second-order valence-electron chi connectivity index (χ2n) is 12.5. The molecule has 5 rings (SSSR count). The zero-order chi connectivity index (χ0) is 33.1. The van der Waals surface area contributed by atoms with E-state index in [1.54, 1.807) is 45.3 Å². The zero-order valence-corrected chi connectivity index (χ0v) is 27.6. The van der Waals surface area contributed by atoms with E-state index in [1.165, 1.54) is 4.90 Å². The van der Waals surface area contributed by atoms with Crippen molar-refractivity contribution in [2.75, 3.05) is 24.2 Å². The summed E-state index contributed by atoms with van der Waals surface area (Å²) >= 11 is 0. The number of piperidine rings is 1. The molecule has 1 N–H and O–H groups in total. The van der Waals surface area contributed by atoms with Gasteiger partial charge in [0.2, 0.25) is 11.8 Å². The first kappa shape index (κ1) is 33.1. The van der Waals surface area contributed by atoms with Crippen LogP contribution in [0.25, 0.3) is 22.0 Å². The molecule has 2 unspecified atom stereocenters. The summed E-state index contributed by atoms with van der Waals surface area (Å²) in [7, 11) is -3.26. The predicted molar refractivity (Wildman–Crippen MR) is 177 cm³/mol. The van der Waals surface area contributed by atoms with Crippen molar-refractivity contribution in [2.45, 2.75) is 71.0 Å². The molecular formula is C34H40FN5O5S. The average Bonchev–Trinajstić information content (AvgIpc) is 2.99. The lowest BCUT2D eigenvalue weighted by Crippen LogP contribution is -2.52. The van der Waals surface area contributed by atoms with Crippen LogP contribution in [0.15, 0.2) is 60.9 Å². The average molecular weight is 650 g/mol. The molecule has 0 spiro atoms. The molecular weight excluding hydrogens is 609 g/mol. The van der Waals surface area contributed by atoms with Crippen molar-refractivity contribution in [1.82, 2.24) is 19.9 Å². The smallest absolute Gasteiger partial charge is 0.410 e. The maximum atomic E-state index is 15.0. The zero-order valence-electron chi connectivity index (χ0n) is 26.8. The van der Waals surface area contributed by atoms with Crippen LogP contribution in [0.5, 0.6) is 11.6 Å². The topological polar surface area (TPSA) is 124 Å². The molecule has 0 saturated carbocycles. The van der Waals surface area contributed by atoms with Gasteiger partial charge in [-0.15, -0.1) is 0 Å². The number of aryl methyl sites for hydroxylation is 1. The van der Waals surface area contributed by atoms with Gasteiger partial charge in [0.1, 0.15) is 17.5 Å². The van der Waals surface area contributed by atoms with E-state index in [-0.39, 0.29) is 37.0 Å². The van der Waals surface area contributed by atoms with Gasteiger partial charge in [-0.3, -0.25) is 0 Å². The van der Waals surface area contributed by atoms with Gasteiger partial charge >= 0.3 is 6.09 Å². The third kappa shape index (κ3) is 7.90. The molecule has 4 aromatic rings. The van der Waals surface area contributed by atoms with Gasteiger partial charge in [0.05, 0.1) is 28.8 Å². The number of sulfone groups is 1. The maximum absolute atomic E-state index is 15.0. The van der Waals surface area contributed by atoms with Gasteiger partial charge in [0.15, 0.2) is 9.84 Å². The Labute approximate surface area is 269 Å². The monoisotopic (exact) mass is 649 g/mol. The molecule has 2 atom stereocenters. The number of nitrogens with zero attached hydrogens (tertiary/aromatic N) is 4. The Morgan fingerprint density at radius 1 is 1.07 bits per heavy atom. The number of benzene rings is 2. The lowest BCUT2D eigenvalue weighted by molar-refractivity contribution is 0.0150. The quantitative estimate of drug-likeness (QED) is 0.207. The summed E-state index contributed by atoms with van der Waals surface area (Å²) in [6.07, 6.45) is 2.20. The predicted octanol–water partition coefficient (Wildman–Crippen LogP) is 6.88. The van der Waals surface area contributed by atoms with Gasteiger partial charge in [0, 0.05) is 30.9 Å². The summed E-state index contributed by atoms with van der Waals surface area (Å²) in [6, 6.07) is 14.0. The van der Waals surface area contributed by atoms with Crippen molar-refractivity contribution in [3.05, 3.63) is 72.1 Å². The van der Waals surface area contributed by atoms with E-state index in [0.29, 0.717) is 34.9 Å². The van der Waals surface area contributed by atoms with Crippen LogP contribution < -0.4 is 10.1 Å². The van der Waals surface area contributed by atoms with E-state index in [4.69, 9.17) is 9.47 Å². The normalized spacial score (nSPS) is 17.1. The molecule has 46 heavy (non-hydrogen) atoms. The van der Waals surface area contributed by atoms with Gasteiger partial charge in [-0.05, 0) is 75.2 Å². The summed E-state index contributed by atoms with van der Waals surface area (Å²) in [6.45, 7) is 9.50. The van der Waals surface area contributed by atoms with Crippen molar-refractivity contribution in [1.29, 1.82) is 0 Å². The minimum Gasteiger partial charge on any atom is -0.444 e. The number of aromatic nitrogens is 3. The molecule has 0 radical (unpaired) electrons. The number of amides is 1. The van der Waals surface area contributed by atoms with E-state index in [2.05, 4.69) is 20.3 Å². The van der Waals surface area contributed by atoms with Crippen molar-refractivity contribution in [3.8, 4) is 22.9 Å². The highest BCUT2D eigenvalue weighted by Crippen LogP contribution is 2.38. The van der Waals surface area contributed by atoms with Crippen molar-refractivity contribution in [2.24, 2.45) is 0 Å². The summed E-state index contributed by atoms with van der Waals surface area (Å²) in [5.74, 6) is 1.13. The lowest BCUT2D eigenvalue weighted by atomic mass is 10.0. The molecule has 1 fully saturated rings. The number of rotatable bonds is 9. The van der Waals surface area contributed by atoms with Gasteiger partial charge in [-0.25, -0.2) is 32.6 Å². The van der Waals surface area contributed by atoms with E-state index in [9.17, 15) is 13.2 Å². The third-order valence-corrected chi connectivity index (χ3v) is 9.37. The van der Waals surface area contributed by atoms with E-state index in [0.717, 1.165) is 16.3 Å². The first-order valence-electron chi connectivity index (χ1n) is 15.4. The Kier molecular flexibility index (Phi) is 9.76. The SMILES string of the molecule is CCCS(=O)(=O)Cc1cccc2c(Oc3ncccc3-c3ccnc(NC4CN(C(=O)OC(C)(C)C)CCC4F)n3)c(C)ccc12. The van der Waals surface area contributed by atoms with Gasteiger partial charge in [0.25, 0.3) is 0 Å². The number of fused-ring (bicyclic) bond motifs is 1. The minimum absolute atomic E-state index is 0.0531. The van der Waals surface area contributed by atoms with Crippen LogP contribution >= 0.6 is 0 Å². The Morgan fingerprint density at radius 3 is 2.63 bits per heavy atom. The third-order valence-electron chi connectivity index (χ3n) is 7.59. The summed E-state index contributed by atoms with van der Waals surface area (Å²) < 4.78 is 52.3. The van der Waals surface area contributed by atoms with Gasteiger partial charge in [-0.1, -0.05) is 37.3 Å². The number of anilines is 1. The number of ether oxygens (including phenoxy) is 2. The first-order chi connectivity index (χ1) is 21.8. The van der Waals surface area contributed by atoms with Crippen molar-refractivity contribution >= 4 is 32.7 Å². The van der Waals surface area contributed by atoms with E-state index >= 15 is 4.39 Å². The van der Waals surface area contributed by atoms with Crippen LogP contribution in [-0.2, 0) is 20.3 Å². The number of hydrogen-bond donors (Lipinski definition) is 1. The van der Waals surface area contributed by atoms with E-state index in [1.807, 2.05) is 50.2 Å². The molecule has 10 nitrogen and oxygen atoms in total. The lowest BCUT2D eigenvalue weighted by Gasteiger charge is -2.36. The molecule has 12 heteroatoms.